The van der Waals surface area contributed by atoms with E-state index in [1.165, 1.54) is 11.3 Å². The van der Waals surface area contributed by atoms with Gasteiger partial charge in [0.25, 0.3) is 5.91 Å². The number of nitrogens with two attached hydrogens (primary N) is 1. The maximum absolute atomic E-state index is 11.9. The van der Waals surface area contributed by atoms with Crippen molar-refractivity contribution in [2.24, 2.45) is 0 Å². The standard InChI is InChI=1S/C11H20N4OS2/c1-15(2)11-14-9(12)8(18-11)10(16)13-6-4-5-7-17-3/h4-7,12H2,1-3H3,(H,13,16). The van der Waals surface area contributed by atoms with Gasteiger partial charge in [0.1, 0.15) is 10.7 Å². The first kappa shape index (κ1) is 15.1. The summed E-state index contributed by atoms with van der Waals surface area (Å²) in [5.74, 6) is 1.32. The summed E-state index contributed by atoms with van der Waals surface area (Å²) in [6, 6.07) is 0. The quantitative estimate of drug-likeness (QED) is 0.747. The number of nitrogens with one attached hydrogen (secondary N) is 1. The van der Waals surface area contributed by atoms with E-state index >= 15 is 0 Å². The lowest BCUT2D eigenvalue weighted by Crippen LogP contribution is -2.24. The van der Waals surface area contributed by atoms with Gasteiger partial charge in [0.05, 0.1) is 0 Å². The molecule has 1 aromatic heterocycles. The van der Waals surface area contributed by atoms with Gasteiger partial charge in [-0.25, -0.2) is 4.98 Å². The van der Waals surface area contributed by atoms with E-state index < -0.39 is 0 Å². The molecule has 0 fully saturated rings. The number of thiazole rings is 1. The number of hydrogen-bond donors (Lipinski definition) is 2. The Hall–Kier alpha value is -0.950. The number of thioether (sulfide) groups is 1. The molecule has 102 valence electrons. The van der Waals surface area contributed by atoms with Gasteiger partial charge < -0.3 is 16.0 Å². The summed E-state index contributed by atoms with van der Waals surface area (Å²) in [5.41, 5.74) is 5.74. The molecule has 0 aliphatic carbocycles. The van der Waals surface area contributed by atoms with Gasteiger partial charge in [-0.05, 0) is 24.9 Å². The van der Waals surface area contributed by atoms with E-state index in [1.54, 1.807) is 0 Å². The Labute approximate surface area is 116 Å². The second kappa shape index (κ2) is 7.48. The van der Waals surface area contributed by atoms with Gasteiger partial charge >= 0.3 is 0 Å². The Bertz CT molecular complexity index is 392. The van der Waals surface area contributed by atoms with Crippen molar-refractivity contribution in [2.45, 2.75) is 12.8 Å². The SMILES string of the molecule is CSCCCCNC(=O)c1sc(N(C)C)nc1N. The molecular weight excluding hydrogens is 268 g/mol. The zero-order valence-corrected chi connectivity index (χ0v) is 12.7. The molecule has 3 N–H and O–H groups in total. The molecule has 1 rings (SSSR count). The summed E-state index contributed by atoms with van der Waals surface area (Å²) in [7, 11) is 3.75. The highest BCUT2D eigenvalue weighted by Gasteiger charge is 2.16. The van der Waals surface area contributed by atoms with Crippen LogP contribution in [0.3, 0.4) is 0 Å². The number of unbranched alkanes of at least 4 members (excludes halogenated alkanes) is 1. The maximum Gasteiger partial charge on any atom is 0.265 e. The predicted molar refractivity (Wildman–Crippen MR) is 80.8 cm³/mol. The molecule has 0 bridgehead atoms. The van der Waals surface area contributed by atoms with Gasteiger partial charge in [0, 0.05) is 20.6 Å². The fourth-order valence-electron chi connectivity index (χ4n) is 1.33. The monoisotopic (exact) mass is 288 g/mol. The largest absolute Gasteiger partial charge is 0.382 e. The first-order chi connectivity index (χ1) is 8.56. The highest BCUT2D eigenvalue weighted by Crippen LogP contribution is 2.26. The molecule has 1 amide bonds. The minimum absolute atomic E-state index is 0.123. The number of aromatic nitrogens is 1. The third-order valence-corrected chi connectivity index (χ3v) is 4.23. The third-order valence-electron chi connectivity index (χ3n) is 2.29. The van der Waals surface area contributed by atoms with Gasteiger partial charge in [-0.15, -0.1) is 0 Å². The van der Waals surface area contributed by atoms with Gasteiger partial charge in [-0.1, -0.05) is 11.3 Å². The van der Waals surface area contributed by atoms with Crippen molar-refractivity contribution in [1.82, 2.24) is 10.3 Å². The van der Waals surface area contributed by atoms with Gasteiger partial charge in [-0.3, -0.25) is 4.79 Å². The van der Waals surface area contributed by atoms with Crippen LogP contribution < -0.4 is 16.0 Å². The van der Waals surface area contributed by atoms with Crippen molar-refractivity contribution in [3.05, 3.63) is 4.88 Å². The highest BCUT2D eigenvalue weighted by atomic mass is 32.2. The van der Waals surface area contributed by atoms with Gasteiger partial charge in [0.15, 0.2) is 5.13 Å². The Balaban J connectivity index is 2.46. The summed E-state index contributed by atoms with van der Waals surface area (Å²) in [6.45, 7) is 0.689. The molecule has 0 saturated carbocycles. The van der Waals surface area contributed by atoms with Crippen molar-refractivity contribution in [3.8, 4) is 0 Å². The molecule has 0 saturated heterocycles. The molecule has 0 unspecified atom stereocenters. The zero-order chi connectivity index (χ0) is 13.5. The minimum Gasteiger partial charge on any atom is -0.382 e. The van der Waals surface area contributed by atoms with Gasteiger partial charge in [-0.2, -0.15) is 11.8 Å². The Morgan fingerprint density at radius 3 is 2.78 bits per heavy atom. The summed E-state index contributed by atoms with van der Waals surface area (Å²) in [6.07, 6.45) is 4.19. The maximum atomic E-state index is 11.9. The van der Waals surface area contributed by atoms with Gasteiger partial charge in [0.2, 0.25) is 0 Å². The first-order valence-corrected chi connectivity index (χ1v) is 7.98. The average molecular weight is 288 g/mol. The fourth-order valence-corrected chi connectivity index (χ4v) is 2.64. The van der Waals surface area contributed by atoms with Crippen molar-refractivity contribution < 1.29 is 4.79 Å². The van der Waals surface area contributed by atoms with E-state index in [4.69, 9.17) is 5.73 Å². The number of amides is 1. The highest BCUT2D eigenvalue weighted by molar-refractivity contribution is 7.98. The normalized spacial score (nSPS) is 10.4. The third kappa shape index (κ3) is 4.38. The molecule has 0 spiro atoms. The molecule has 0 radical (unpaired) electrons. The molecule has 1 aromatic rings. The molecule has 0 atom stereocenters. The Kier molecular flexibility index (Phi) is 6.28. The molecule has 0 aromatic carbocycles. The van der Waals surface area contributed by atoms with Crippen LogP contribution in [0.15, 0.2) is 0 Å². The second-order valence-electron chi connectivity index (χ2n) is 4.06. The molecule has 5 nitrogen and oxygen atoms in total. The van der Waals surface area contributed by atoms with Crippen LogP contribution in [-0.4, -0.2) is 43.5 Å². The molecule has 0 aliphatic rings. The van der Waals surface area contributed by atoms with Crippen LogP contribution in [0.2, 0.25) is 0 Å². The summed E-state index contributed by atoms with van der Waals surface area (Å²) >= 11 is 3.14. The number of nitrogens with zero attached hydrogens (tertiary/aromatic N) is 2. The van der Waals surface area contributed by atoms with E-state index in [2.05, 4.69) is 16.6 Å². The smallest absolute Gasteiger partial charge is 0.265 e. The van der Waals surface area contributed by atoms with Crippen molar-refractivity contribution >= 4 is 40.0 Å². The van der Waals surface area contributed by atoms with E-state index in [0.717, 1.165) is 23.7 Å². The van der Waals surface area contributed by atoms with Crippen LogP contribution >= 0.6 is 23.1 Å². The lowest BCUT2D eigenvalue weighted by molar-refractivity contribution is 0.0958. The molecule has 1 heterocycles. The number of hydrogen-bond acceptors (Lipinski definition) is 6. The van der Waals surface area contributed by atoms with Crippen molar-refractivity contribution in [2.75, 3.05) is 43.3 Å². The van der Waals surface area contributed by atoms with Crippen molar-refractivity contribution in [3.63, 3.8) is 0 Å². The number of carbonyl (C=O) groups is 1. The van der Waals surface area contributed by atoms with Crippen LogP contribution in [0.5, 0.6) is 0 Å². The minimum atomic E-state index is -0.123. The summed E-state index contributed by atoms with van der Waals surface area (Å²) < 4.78 is 0. The Morgan fingerprint density at radius 2 is 2.22 bits per heavy atom. The zero-order valence-electron chi connectivity index (χ0n) is 11.0. The molecule has 7 heteroatoms. The number of carbonyl (C=O) groups excluding carboxylic acids is 1. The molecular formula is C11H20N4OS2. The van der Waals surface area contributed by atoms with Crippen LogP contribution in [-0.2, 0) is 0 Å². The number of nitrogen functional groups attached to an aromatic ring is 1. The van der Waals surface area contributed by atoms with Crippen molar-refractivity contribution in [1.29, 1.82) is 0 Å². The van der Waals surface area contributed by atoms with Crippen LogP contribution in [0.1, 0.15) is 22.5 Å². The molecule has 18 heavy (non-hydrogen) atoms. The number of anilines is 2. The number of rotatable bonds is 7. The predicted octanol–water partition coefficient (Wildman–Crippen LogP) is 1.66. The fraction of sp³-hybridized carbons (Fsp3) is 0.636. The van der Waals surface area contributed by atoms with Crippen LogP contribution in [0, 0.1) is 0 Å². The van der Waals surface area contributed by atoms with Crippen LogP contribution in [0.4, 0.5) is 10.9 Å². The lowest BCUT2D eigenvalue weighted by Gasteiger charge is -2.05. The van der Waals surface area contributed by atoms with E-state index in [0.29, 0.717) is 17.2 Å². The topological polar surface area (TPSA) is 71.2 Å². The van der Waals surface area contributed by atoms with E-state index in [1.807, 2.05) is 30.8 Å². The first-order valence-electron chi connectivity index (χ1n) is 5.77. The second-order valence-corrected chi connectivity index (χ2v) is 6.02. The lowest BCUT2D eigenvalue weighted by atomic mass is 10.3. The Morgan fingerprint density at radius 1 is 1.50 bits per heavy atom. The van der Waals surface area contributed by atoms with Crippen LogP contribution in [0.25, 0.3) is 0 Å². The van der Waals surface area contributed by atoms with E-state index in [-0.39, 0.29) is 5.91 Å². The summed E-state index contributed by atoms with van der Waals surface area (Å²) in [5, 5.41) is 3.62. The molecule has 0 aliphatic heterocycles. The van der Waals surface area contributed by atoms with E-state index in [9.17, 15) is 4.79 Å². The summed E-state index contributed by atoms with van der Waals surface area (Å²) in [4.78, 5) is 18.4. The average Bonchev–Trinajstić information content (AvgIpc) is 2.71.